The second-order valence-electron chi connectivity index (χ2n) is 7.27. The van der Waals surface area contributed by atoms with Gasteiger partial charge in [-0.05, 0) is 48.9 Å². The highest BCUT2D eigenvalue weighted by Gasteiger charge is 2.31. The van der Waals surface area contributed by atoms with E-state index < -0.39 is 11.7 Å². The Hall–Kier alpha value is -3.88. The fourth-order valence-electron chi connectivity index (χ4n) is 3.28. The van der Waals surface area contributed by atoms with E-state index in [1.807, 2.05) is 31.2 Å². The molecule has 0 saturated heterocycles. The zero-order valence-corrected chi connectivity index (χ0v) is 17.2. The highest BCUT2D eigenvalue weighted by molar-refractivity contribution is 5.92. The minimum Gasteiger partial charge on any atom is -0.451 e. The van der Waals surface area contributed by atoms with Crippen molar-refractivity contribution < 1.29 is 22.4 Å². The zero-order chi connectivity index (χ0) is 22.9. The topological polar surface area (TPSA) is 64.2 Å². The number of amides is 1. The van der Waals surface area contributed by atoms with Crippen LogP contribution < -0.4 is 0 Å². The third kappa shape index (κ3) is 4.27. The molecule has 6 nitrogen and oxygen atoms in total. The number of carbonyl (C=O) groups is 1. The number of hydrogen-bond donors (Lipinski definition) is 0. The van der Waals surface area contributed by atoms with E-state index in [4.69, 9.17) is 4.42 Å². The van der Waals surface area contributed by atoms with Gasteiger partial charge in [0.05, 0.1) is 17.3 Å². The largest absolute Gasteiger partial charge is 0.451 e. The number of furan rings is 1. The number of nitrogens with zero attached hydrogens (tertiary/aromatic N) is 4. The van der Waals surface area contributed by atoms with E-state index in [-0.39, 0.29) is 29.0 Å². The van der Waals surface area contributed by atoms with Gasteiger partial charge < -0.3 is 9.32 Å². The standard InChI is InChI=1S/C23H19F3N4O2/c1-15(16-6-8-19(9-7-16)30-14-27-13-28-30)29(2)22(31)21-11-10-20(32-21)17-4-3-5-18(12-17)23(24,25)26/h3-15H,1-2H3. The normalized spacial score (nSPS) is 12.5. The van der Waals surface area contributed by atoms with Crippen molar-refractivity contribution in [3.63, 3.8) is 0 Å². The lowest BCUT2D eigenvalue weighted by Gasteiger charge is -2.24. The van der Waals surface area contributed by atoms with Gasteiger partial charge in [-0.15, -0.1) is 0 Å². The quantitative estimate of drug-likeness (QED) is 0.418. The van der Waals surface area contributed by atoms with Crippen LogP contribution in [0.2, 0.25) is 0 Å². The molecule has 2 heterocycles. The lowest BCUT2D eigenvalue weighted by Crippen LogP contribution is -2.29. The van der Waals surface area contributed by atoms with Crippen LogP contribution in [-0.2, 0) is 6.18 Å². The van der Waals surface area contributed by atoms with Gasteiger partial charge in [0.25, 0.3) is 5.91 Å². The maximum Gasteiger partial charge on any atom is 0.416 e. The van der Waals surface area contributed by atoms with Crippen LogP contribution >= 0.6 is 0 Å². The van der Waals surface area contributed by atoms with E-state index in [1.165, 1.54) is 35.5 Å². The lowest BCUT2D eigenvalue weighted by atomic mass is 10.1. The molecule has 2 aromatic carbocycles. The van der Waals surface area contributed by atoms with Crippen LogP contribution in [0.1, 0.15) is 34.6 Å². The SMILES string of the molecule is CC(c1ccc(-n2cncn2)cc1)N(C)C(=O)c1ccc(-c2cccc(C(F)(F)F)c2)o1. The summed E-state index contributed by atoms with van der Waals surface area (Å²) in [7, 11) is 1.64. The molecule has 0 aliphatic heterocycles. The molecule has 0 N–H and O–H groups in total. The van der Waals surface area contributed by atoms with Crippen molar-refractivity contribution in [2.24, 2.45) is 0 Å². The summed E-state index contributed by atoms with van der Waals surface area (Å²) in [5, 5.41) is 4.08. The Morgan fingerprint density at radius 1 is 1.09 bits per heavy atom. The molecule has 9 heteroatoms. The minimum atomic E-state index is -4.46. The van der Waals surface area contributed by atoms with Crippen LogP contribution in [0, 0.1) is 0 Å². The number of alkyl halides is 3. The third-order valence-electron chi connectivity index (χ3n) is 5.25. The molecule has 2 aromatic heterocycles. The van der Waals surface area contributed by atoms with Crippen molar-refractivity contribution in [3.05, 3.63) is 90.2 Å². The molecule has 4 aromatic rings. The maximum absolute atomic E-state index is 13.0. The molecule has 0 aliphatic carbocycles. The van der Waals surface area contributed by atoms with Gasteiger partial charge in [0.2, 0.25) is 0 Å². The fourth-order valence-corrected chi connectivity index (χ4v) is 3.28. The Morgan fingerprint density at radius 3 is 2.50 bits per heavy atom. The molecule has 0 bridgehead atoms. The van der Waals surface area contributed by atoms with Gasteiger partial charge in [-0.1, -0.05) is 24.3 Å². The zero-order valence-electron chi connectivity index (χ0n) is 17.2. The summed E-state index contributed by atoms with van der Waals surface area (Å²) in [5.41, 5.74) is 1.20. The molecule has 0 radical (unpaired) electrons. The van der Waals surface area contributed by atoms with E-state index in [0.29, 0.717) is 0 Å². The Morgan fingerprint density at radius 2 is 1.84 bits per heavy atom. The van der Waals surface area contributed by atoms with Gasteiger partial charge in [0.15, 0.2) is 5.76 Å². The average Bonchev–Trinajstić information content (AvgIpc) is 3.50. The van der Waals surface area contributed by atoms with Crippen LogP contribution in [0.15, 0.2) is 77.7 Å². The molecular weight excluding hydrogens is 421 g/mol. The molecule has 1 atom stereocenters. The molecule has 0 spiro atoms. The number of rotatable bonds is 5. The first-order valence-corrected chi connectivity index (χ1v) is 9.73. The van der Waals surface area contributed by atoms with Gasteiger partial charge in [-0.25, -0.2) is 9.67 Å². The van der Waals surface area contributed by atoms with Crippen LogP contribution in [0.25, 0.3) is 17.0 Å². The van der Waals surface area contributed by atoms with Crippen molar-refractivity contribution in [3.8, 4) is 17.0 Å². The lowest BCUT2D eigenvalue weighted by molar-refractivity contribution is -0.137. The summed E-state index contributed by atoms with van der Waals surface area (Å²) in [5.74, 6) is -0.139. The third-order valence-corrected chi connectivity index (χ3v) is 5.25. The molecule has 1 unspecified atom stereocenters. The van der Waals surface area contributed by atoms with Crippen molar-refractivity contribution >= 4 is 5.91 Å². The molecular formula is C23H19F3N4O2. The Labute approximate surface area is 181 Å². The smallest absolute Gasteiger partial charge is 0.416 e. The van der Waals surface area contributed by atoms with E-state index in [2.05, 4.69) is 10.1 Å². The van der Waals surface area contributed by atoms with E-state index >= 15 is 0 Å². The van der Waals surface area contributed by atoms with Crippen LogP contribution in [-0.4, -0.2) is 32.6 Å². The summed E-state index contributed by atoms with van der Waals surface area (Å²) in [6, 6.07) is 15.0. The van der Waals surface area contributed by atoms with Crippen LogP contribution in [0.4, 0.5) is 13.2 Å². The molecule has 0 fully saturated rings. The number of carbonyl (C=O) groups excluding carboxylic acids is 1. The minimum absolute atomic E-state index is 0.0472. The van der Waals surface area contributed by atoms with Gasteiger partial charge in [-0.2, -0.15) is 18.3 Å². The molecule has 32 heavy (non-hydrogen) atoms. The molecule has 164 valence electrons. The highest BCUT2D eigenvalue weighted by atomic mass is 19.4. The first-order chi connectivity index (χ1) is 15.2. The highest BCUT2D eigenvalue weighted by Crippen LogP contribution is 2.33. The number of aromatic nitrogens is 3. The Kier molecular flexibility index (Phi) is 5.56. The molecule has 1 amide bonds. The maximum atomic E-state index is 13.0. The Bertz CT molecular complexity index is 1210. The molecule has 4 rings (SSSR count). The second kappa shape index (κ2) is 8.33. The number of hydrogen-bond acceptors (Lipinski definition) is 4. The van der Waals surface area contributed by atoms with Crippen LogP contribution in [0.3, 0.4) is 0 Å². The summed E-state index contributed by atoms with van der Waals surface area (Å²) in [4.78, 5) is 18.3. The van der Waals surface area contributed by atoms with Crippen molar-refractivity contribution in [2.45, 2.75) is 19.1 Å². The predicted octanol–water partition coefficient (Wildman–Crippen LogP) is 5.38. The van der Waals surface area contributed by atoms with Crippen LogP contribution in [0.5, 0.6) is 0 Å². The van der Waals surface area contributed by atoms with Gasteiger partial charge in [0.1, 0.15) is 18.4 Å². The van der Waals surface area contributed by atoms with Crippen molar-refractivity contribution in [1.29, 1.82) is 0 Å². The first kappa shape index (κ1) is 21.4. The van der Waals surface area contributed by atoms with Crippen molar-refractivity contribution in [1.82, 2.24) is 19.7 Å². The second-order valence-corrected chi connectivity index (χ2v) is 7.27. The number of benzene rings is 2. The van der Waals surface area contributed by atoms with Gasteiger partial charge in [-0.3, -0.25) is 4.79 Å². The summed E-state index contributed by atoms with van der Waals surface area (Å²) < 4.78 is 46.2. The summed E-state index contributed by atoms with van der Waals surface area (Å²) in [6.07, 6.45) is -1.42. The van der Waals surface area contributed by atoms with E-state index in [1.54, 1.807) is 18.1 Å². The molecule has 0 saturated carbocycles. The van der Waals surface area contributed by atoms with E-state index in [9.17, 15) is 18.0 Å². The van der Waals surface area contributed by atoms with Gasteiger partial charge in [0, 0.05) is 12.6 Å². The predicted molar refractivity (Wildman–Crippen MR) is 111 cm³/mol. The summed E-state index contributed by atoms with van der Waals surface area (Å²) in [6.45, 7) is 1.87. The molecule has 0 aliphatic rings. The monoisotopic (exact) mass is 440 g/mol. The Balaban J connectivity index is 1.50. The average molecular weight is 440 g/mol. The fraction of sp³-hybridized carbons (Fsp3) is 0.174. The summed E-state index contributed by atoms with van der Waals surface area (Å²) >= 11 is 0. The number of halogens is 3. The van der Waals surface area contributed by atoms with Crippen molar-refractivity contribution in [2.75, 3.05) is 7.05 Å². The van der Waals surface area contributed by atoms with Gasteiger partial charge >= 0.3 is 6.18 Å². The first-order valence-electron chi connectivity index (χ1n) is 9.73. The van der Waals surface area contributed by atoms with E-state index in [0.717, 1.165) is 23.4 Å².